The molecule has 0 fully saturated rings. The van der Waals surface area contributed by atoms with Crippen molar-refractivity contribution >= 4 is 35.0 Å². The van der Waals surface area contributed by atoms with Crippen LogP contribution in [0.1, 0.15) is 11.1 Å². The molecule has 0 bridgehead atoms. The molecule has 0 heterocycles. The van der Waals surface area contributed by atoms with Gasteiger partial charge in [-0.25, -0.2) is 0 Å². The van der Waals surface area contributed by atoms with E-state index in [9.17, 15) is 0 Å². The first kappa shape index (κ1) is 12.8. The highest BCUT2D eigenvalue weighted by atomic mass is 35.5. The van der Waals surface area contributed by atoms with Crippen LogP contribution < -0.4 is 0 Å². The van der Waals surface area contributed by atoms with E-state index in [0.717, 1.165) is 31.0 Å². The zero-order valence-electron chi connectivity index (χ0n) is 9.63. The molecule has 0 saturated heterocycles. The monoisotopic (exact) mass is 282 g/mol. The Balaban J connectivity index is 2.25. The summed E-state index contributed by atoms with van der Waals surface area (Å²) in [5.74, 6) is 0. The molecule has 0 atom stereocenters. The molecule has 17 heavy (non-hydrogen) atoms. The molecule has 2 aromatic rings. The lowest BCUT2D eigenvalue weighted by Crippen LogP contribution is -1.79. The van der Waals surface area contributed by atoms with Gasteiger partial charge in [0.25, 0.3) is 0 Å². The molecule has 0 aliphatic heterocycles. The molecule has 88 valence electrons. The van der Waals surface area contributed by atoms with Crippen LogP contribution in [0.25, 0.3) is 0 Å². The van der Waals surface area contributed by atoms with Crippen LogP contribution >= 0.6 is 35.0 Å². The molecule has 3 heteroatoms. The highest BCUT2D eigenvalue weighted by molar-refractivity contribution is 7.99. The first-order chi connectivity index (χ1) is 8.06. The fourth-order valence-electron chi connectivity index (χ4n) is 1.41. The third-order valence-electron chi connectivity index (χ3n) is 2.52. The number of hydrogen-bond donors (Lipinski definition) is 0. The molecule has 0 radical (unpaired) electrons. The number of hydrogen-bond acceptors (Lipinski definition) is 1. The highest BCUT2D eigenvalue weighted by Crippen LogP contribution is 2.32. The van der Waals surface area contributed by atoms with Gasteiger partial charge in [-0.05, 0) is 49.2 Å². The van der Waals surface area contributed by atoms with E-state index in [1.807, 2.05) is 38.1 Å². The molecule has 0 aliphatic carbocycles. The Morgan fingerprint density at radius 1 is 0.765 bits per heavy atom. The molecular weight excluding hydrogens is 271 g/mol. The van der Waals surface area contributed by atoms with E-state index in [0.29, 0.717) is 0 Å². The maximum absolute atomic E-state index is 6.10. The molecule has 0 spiro atoms. The lowest BCUT2D eigenvalue weighted by Gasteiger charge is -2.05. The van der Waals surface area contributed by atoms with Crippen molar-refractivity contribution < 1.29 is 0 Å². The van der Waals surface area contributed by atoms with Crippen molar-refractivity contribution in [1.82, 2.24) is 0 Å². The summed E-state index contributed by atoms with van der Waals surface area (Å²) in [6, 6.07) is 12.2. The second-order valence-corrected chi connectivity index (χ2v) is 5.89. The second-order valence-electron chi connectivity index (χ2n) is 3.92. The minimum Gasteiger partial charge on any atom is -0.0900 e. The average Bonchev–Trinajstić information content (AvgIpc) is 2.29. The molecule has 0 N–H and O–H groups in total. The standard InChI is InChI=1S/C14H12Cl2S/c1-9-3-5-11(7-13(9)15)17-12-6-4-10(2)14(16)8-12/h3-8H,1-2H3. The van der Waals surface area contributed by atoms with Gasteiger partial charge in [0, 0.05) is 19.8 Å². The SMILES string of the molecule is Cc1ccc(Sc2ccc(C)c(Cl)c2)cc1Cl. The maximum atomic E-state index is 6.10. The normalized spacial score (nSPS) is 10.6. The van der Waals surface area contributed by atoms with E-state index in [1.54, 1.807) is 11.8 Å². The molecule has 0 saturated carbocycles. The third-order valence-corrected chi connectivity index (χ3v) is 4.32. The largest absolute Gasteiger partial charge is 0.0900 e. The lowest BCUT2D eigenvalue weighted by molar-refractivity contribution is 1.34. The van der Waals surface area contributed by atoms with Crippen molar-refractivity contribution in [2.45, 2.75) is 23.6 Å². The summed E-state index contributed by atoms with van der Waals surface area (Å²) in [6.45, 7) is 4.00. The van der Waals surface area contributed by atoms with E-state index in [4.69, 9.17) is 23.2 Å². The summed E-state index contributed by atoms with van der Waals surface area (Å²) in [4.78, 5) is 2.25. The quantitative estimate of drug-likeness (QED) is 0.675. The predicted molar refractivity (Wildman–Crippen MR) is 76.5 cm³/mol. The Morgan fingerprint density at radius 2 is 1.18 bits per heavy atom. The van der Waals surface area contributed by atoms with Gasteiger partial charge >= 0.3 is 0 Å². The van der Waals surface area contributed by atoms with E-state index in [1.165, 1.54) is 0 Å². The zero-order valence-corrected chi connectivity index (χ0v) is 12.0. The highest BCUT2D eigenvalue weighted by Gasteiger charge is 2.02. The van der Waals surface area contributed by atoms with Crippen LogP contribution in [0.15, 0.2) is 46.2 Å². The minimum atomic E-state index is 0.799. The smallest absolute Gasteiger partial charge is 0.0446 e. The molecule has 2 aromatic carbocycles. The van der Waals surface area contributed by atoms with E-state index >= 15 is 0 Å². The fourth-order valence-corrected chi connectivity index (χ4v) is 2.80. The van der Waals surface area contributed by atoms with Gasteiger partial charge in [0.15, 0.2) is 0 Å². The van der Waals surface area contributed by atoms with Crippen molar-refractivity contribution in [1.29, 1.82) is 0 Å². The Labute approximate surface area is 116 Å². The molecule has 0 aromatic heterocycles. The molecule has 0 amide bonds. The average molecular weight is 283 g/mol. The summed E-state index contributed by atoms with van der Waals surface area (Å²) >= 11 is 13.9. The minimum absolute atomic E-state index is 0.799. The molecule has 0 nitrogen and oxygen atoms in total. The second kappa shape index (κ2) is 5.34. The number of benzene rings is 2. The van der Waals surface area contributed by atoms with Crippen molar-refractivity contribution in [3.63, 3.8) is 0 Å². The van der Waals surface area contributed by atoms with Crippen LogP contribution in [-0.2, 0) is 0 Å². The van der Waals surface area contributed by atoms with Crippen LogP contribution in [0, 0.1) is 13.8 Å². The summed E-state index contributed by atoms with van der Waals surface area (Å²) in [6.07, 6.45) is 0. The number of aryl methyl sites for hydroxylation is 2. The van der Waals surface area contributed by atoms with E-state index < -0.39 is 0 Å². The predicted octanol–water partition coefficient (Wildman–Crippen LogP) is 5.76. The van der Waals surface area contributed by atoms with Gasteiger partial charge in [-0.1, -0.05) is 47.1 Å². The molecular formula is C14H12Cl2S. The summed E-state index contributed by atoms with van der Waals surface area (Å²) in [7, 11) is 0. The number of halogens is 2. The van der Waals surface area contributed by atoms with E-state index in [-0.39, 0.29) is 0 Å². The Morgan fingerprint density at radius 3 is 1.53 bits per heavy atom. The lowest BCUT2D eigenvalue weighted by atomic mass is 10.2. The molecule has 2 rings (SSSR count). The Bertz CT molecular complexity index is 500. The molecule has 0 unspecified atom stereocenters. The van der Waals surface area contributed by atoms with Crippen molar-refractivity contribution in [2.24, 2.45) is 0 Å². The first-order valence-corrected chi connectivity index (χ1v) is 6.83. The first-order valence-electron chi connectivity index (χ1n) is 5.26. The maximum Gasteiger partial charge on any atom is 0.0446 e. The Hall–Kier alpha value is -0.630. The topological polar surface area (TPSA) is 0 Å². The zero-order chi connectivity index (χ0) is 12.4. The van der Waals surface area contributed by atoms with Crippen LogP contribution in [0.3, 0.4) is 0 Å². The van der Waals surface area contributed by atoms with Gasteiger partial charge in [0.1, 0.15) is 0 Å². The van der Waals surface area contributed by atoms with Crippen molar-refractivity contribution in [3.05, 3.63) is 57.6 Å². The van der Waals surface area contributed by atoms with E-state index in [2.05, 4.69) is 12.1 Å². The van der Waals surface area contributed by atoms with Gasteiger partial charge in [-0.3, -0.25) is 0 Å². The van der Waals surface area contributed by atoms with Crippen LogP contribution in [0.5, 0.6) is 0 Å². The van der Waals surface area contributed by atoms with Gasteiger partial charge < -0.3 is 0 Å². The summed E-state index contributed by atoms with van der Waals surface area (Å²) in [5.41, 5.74) is 2.19. The van der Waals surface area contributed by atoms with Gasteiger partial charge in [-0.2, -0.15) is 0 Å². The van der Waals surface area contributed by atoms with Crippen LogP contribution in [-0.4, -0.2) is 0 Å². The van der Waals surface area contributed by atoms with Crippen molar-refractivity contribution in [2.75, 3.05) is 0 Å². The summed E-state index contributed by atoms with van der Waals surface area (Å²) < 4.78 is 0. The van der Waals surface area contributed by atoms with Gasteiger partial charge in [-0.15, -0.1) is 0 Å². The fraction of sp³-hybridized carbons (Fsp3) is 0.143. The summed E-state index contributed by atoms with van der Waals surface area (Å²) in [5, 5.41) is 1.60. The van der Waals surface area contributed by atoms with Crippen LogP contribution in [0.4, 0.5) is 0 Å². The third kappa shape index (κ3) is 3.19. The molecule has 0 aliphatic rings. The number of rotatable bonds is 2. The van der Waals surface area contributed by atoms with Gasteiger partial charge in [0.05, 0.1) is 0 Å². The van der Waals surface area contributed by atoms with Crippen LogP contribution in [0.2, 0.25) is 10.0 Å². The van der Waals surface area contributed by atoms with Gasteiger partial charge in [0.2, 0.25) is 0 Å². The van der Waals surface area contributed by atoms with Crippen molar-refractivity contribution in [3.8, 4) is 0 Å². The Kier molecular flexibility index (Phi) is 4.03.